The predicted molar refractivity (Wildman–Crippen MR) is 84.8 cm³/mol. The zero-order valence-electron chi connectivity index (χ0n) is 14.8. The number of rotatable bonds is 4. The SMILES string of the molecule is C/C(=N\OCc1ccc(C(F)(F)F)cc1C(F)(F)F)c1cc(F)ccc1C(F)(F)F. The second-order valence-corrected chi connectivity index (χ2v) is 6.01. The molecule has 0 saturated heterocycles. The van der Waals surface area contributed by atoms with E-state index in [1.165, 1.54) is 0 Å². The Morgan fingerprint density at radius 3 is 1.93 bits per heavy atom. The van der Waals surface area contributed by atoms with Gasteiger partial charge in [0.2, 0.25) is 0 Å². The van der Waals surface area contributed by atoms with Crippen molar-refractivity contribution in [2.45, 2.75) is 32.1 Å². The van der Waals surface area contributed by atoms with Gasteiger partial charge in [-0.3, -0.25) is 0 Å². The molecule has 0 atom stereocenters. The minimum atomic E-state index is -5.15. The standard InChI is InChI=1S/C18H11F10NO/c1-9(13-7-12(19)4-5-14(13)17(23,24)25)29-30-8-10-2-3-11(16(20,21)22)6-15(10)18(26,27)28/h2-7H,8H2,1H3/b29-9+. The van der Waals surface area contributed by atoms with E-state index in [-0.39, 0.29) is 6.07 Å². The van der Waals surface area contributed by atoms with Gasteiger partial charge in [0.25, 0.3) is 0 Å². The van der Waals surface area contributed by atoms with E-state index in [4.69, 9.17) is 0 Å². The number of benzene rings is 2. The highest BCUT2D eigenvalue weighted by Gasteiger charge is 2.38. The largest absolute Gasteiger partial charge is 0.417 e. The highest BCUT2D eigenvalue weighted by atomic mass is 19.4. The van der Waals surface area contributed by atoms with E-state index in [1.54, 1.807) is 0 Å². The van der Waals surface area contributed by atoms with E-state index in [9.17, 15) is 43.9 Å². The van der Waals surface area contributed by atoms with E-state index < -0.39 is 64.5 Å². The predicted octanol–water partition coefficient (Wildman–Crippen LogP) is 6.82. The summed E-state index contributed by atoms with van der Waals surface area (Å²) >= 11 is 0. The summed E-state index contributed by atoms with van der Waals surface area (Å²) in [5.41, 5.74) is -6.34. The lowest BCUT2D eigenvalue weighted by molar-refractivity contribution is -0.144. The lowest BCUT2D eigenvalue weighted by Gasteiger charge is -2.16. The number of hydrogen-bond acceptors (Lipinski definition) is 2. The molecule has 0 aliphatic heterocycles. The van der Waals surface area contributed by atoms with Crippen molar-refractivity contribution in [1.82, 2.24) is 0 Å². The fourth-order valence-electron chi connectivity index (χ4n) is 2.45. The molecule has 30 heavy (non-hydrogen) atoms. The minimum Gasteiger partial charge on any atom is -0.391 e. The highest BCUT2D eigenvalue weighted by molar-refractivity contribution is 5.99. The van der Waals surface area contributed by atoms with E-state index in [0.717, 1.165) is 6.92 Å². The maximum atomic E-state index is 13.3. The molecule has 0 radical (unpaired) electrons. The van der Waals surface area contributed by atoms with Gasteiger partial charge >= 0.3 is 18.5 Å². The van der Waals surface area contributed by atoms with Crippen LogP contribution in [-0.2, 0) is 30.0 Å². The van der Waals surface area contributed by atoms with Crippen LogP contribution >= 0.6 is 0 Å². The molecule has 0 aromatic heterocycles. The summed E-state index contributed by atoms with van der Waals surface area (Å²) in [7, 11) is 0. The molecule has 0 amide bonds. The molecule has 0 saturated carbocycles. The number of nitrogens with zero attached hydrogens (tertiary/aromatic N) is 1. The highest BCUT2D eigenvalue weighted by Crippen LogP contribution is 2.37. The topological polar surface area (TPSA) is 21.6 Å². The third-order valence-electron chi connectivity index (χ3n) is 3.84. The molecule has 0 aliphatic carbocycles. The van der Waals surface area contributed by atoms with E-state index in [0.29, 0.717) is 30.3 Å². The Bertz CT molecular complexity index is 941. The molecular weight excluding hydrogens is 436 g/mol. The number of hydrogen-bond donors (Lipinski definition) is 0. The fraction of sp³-hybridized carbons (Fsp3) is 0.278. The molecule has 2 aromatic carbocycles. The van der Waals surface area contributed by atoms with Gasteiger partial charge in [-0.1, -0.05) is 11.2 Å². The normalized spacial score (nSPS) is 13.5. The van der Waals surface area contributed by atoms with Gasteiger partial charge in [-0.05, 0) is 37.3 Å². The first kappa shape index (κ1) is 23.5. The van der Waals surface area contributed by atoms with Gasteiger partial charge in [-0.15, -0.1) is 0 Å². The van der Waals surface area contributed by atoms with Crippen LogP contribution in [0.15, 0.2) is 41.6 Å². The second kappa shape index (κ2) is 8.15. The van der Waals surface area contributed by atoms with Crippen LogP contribution < -0.4 is 0 Å². The van der Waals surface area contributed by atoms with Crippen molar-refractivity contribution in [3.63, 3.8) is 0 Å². The first-order chi connectivity index (χ1) is 13.6. The van der Waals surface area contributed by atoms with Gasteiger partial charge in [0, 0.05) is 11.1 Å². The zero-order valence-corrected chi connectivity index (χ0v) is 14.8. The molecule has 2 rings (SSSR count). The Kier molecular flexibility index (Phi) is 6.38. The van der Waals surface area contributed by atoms with Gasteiger partial charge in [0.1, 0.15) is 12.4 Å². The van der Waals surface area contributed by atoms with Crippen molar-refractivity contribution in [2.24, 2.45) is 5.16 Å². The molecule has 0 heterocycles. The summed E-state index contributed by atoms with van der Waals surface area (Å²) in [5.74, 6) is -1.02. The number of halogens is 10. The third kappa shape index (κ3) is 5.63. The van der Waals surface area contributed by atoms with Crippen LogP contribution in [0.1, 0.15) is 34.7 Å². The van der Waals surface area contributed by atoms with Crippen molar-refractivity contribution in [3.8, 4) is 0 Å². The van der Waals surface area contributed by atoms with E-state index >= 15 is 0 Å². The van der Waals surface area contributed by atoms with Crippen LogP contribution in [0.5, 0.6) is 0 Å². The van der Waals surface area contributed by atoms with Gasteiger partial charge < -0.3 is 4.84 Å². The first-order valence-corrected chi connectivity index (χ1v) is 7.91. The van der Waals surface area contributed by atoms with Crippen LogP contribution in [0.25, 0.3) is 0 Å². The van der Waals surface area contributed by atoms with Crippen LogP contribution in [0, 0.1) is 5.82 Å². The van der Waals surface area contributed by atoms with Crippen molar-refractivity contribution < 1.29 is 48.7 Å². The summed E-state index contributed by atoms with van der Waals surface area (Å²) in [6, 6.07) is 2.37. The minimum absolute atomic E-state index is 0.108. The van der Waals surface area contributed by atoms with E-state index in [2.05, 4.69) is 9.99 Å². The van der Waals surface area contributed by atoms with Crippen LogP contribution in [0.3, 0.4) is 0 Å². The molecule has 0 N–H and O–H groups in total. The molecule has 12 heteroatoms. The summed E-state index contributed by atoms with van der Waals surface area (Å²) in [6.07, 6.45) is -15.0. The average molecular weight is 447 g/mol. The van der Waals surface area contributed by atoms with Crippen LogP contribution in [-0.4, -0.2) is 5.71 Å². The van der Waals surface area contributed by atoms with Crippen LogP contribution in [0.2, 0.25) is 0 Å². The molecule has 0 bridgehead atoms. The summed E-state index contributed by atoms with van der Waals surface area (Å²) in [4.78, 5) is 4.62. The lowest BCUT2D eigenvalue weighted by atomic mass is 10.0. The average Bonchev–Trinajstić information content (AvgIpc) is 2.58. The first-order valence-electron chi connectivity index (χ1n) is 7.91. The lowest BCUT2D eigenvalue weighted by Crippen LogP contribution is -2.14. The maximum Gasteiger partial charge on any atom is 0.417 e. The van der Waals surface area contributed by atoms with Gasteiger partial charge in [-0.25, -0.2) is 4.39 Å². The summed E-state index contributed by atoms with van der Waals surface area (Å²) in [5, 5.41) is 3.26. The number of alkyl halides is 9. The van der Waals surface area contributed by atoms with Gasteiger partial charge in [0.05, 0.1) is 22.4 Å². The van der Waals surface area contributed by atoms with Crippen molar-refractivity contribution in [1.29, 1.82) is 0 Å². The Morgan fingerprint density at radius 1 is 0.800 bits per heavy atom. The number of oxime groups is 1. The molecular formula is C18H11F10NO. The van der Waals surface area contributed by atoms with Crippen molar-refractivity contribution >= 4 is 5.71 Å². The van der Waals surface area contributed by atoms with Crippen molar-refractivity contribution in [3.05, 3.63) is 70.0 Å². The Morgan fingerprint density at radius 2 is 1.40 bits per heavy atom. The zero-order chi connectivity index (χ0) is 22.9. The maximum absolute atomic E-state index is 13.3. The Balaban J connectivity index is 2.32. The van der Waals surface area contributed by atoms with Gasteiger partial charge in [-0.2, -0.15) is 39.5 Å². The quantitative estimate of drug-likeness (QED) is 0.286. The Hall–Kier alpha value is -2.79. The molecule has 164 valence electrons. The third-order valence-corrected chi connectivity index (χ3v) is 3.84. The summed E-state index contributed by atoms with van der Waals surface area (Å²) in [6.45, 7) is 0.0163. The fourth-order valence-corrected chi connectivity index (χ4v) is 2.45. The molecule has 0 spiro atoms. The monoisotopic (exact) mass is 447 g/mol. The molecule has 2 nitrogen and oxygen atoms in total. The molecule has 0 aliphatic rings. The smallest absolute Gasteiger partial charge is 0.391 e. The molecule has 0 unspecified atom stereocenters. The Labute approximate surface area is 162 Å². The van der Waals surface area contributed by atoms with Crippen molar-refractivity contribution in [2.75, 3.05) is 0 Å². The molecule has 2 aromatic rings. The molecule has 0 fully saturated rings. The second-order valence-electron chi connectivity index (χ2n) is 6.01. The summed E-state index contributed by atoms with van der Waals surface area (Å²) < 4.78 is 130. The van der Waals surface area contributed by atoms with E-state index in [1.807, 2.05) is 0 Å². The van der Waals surface area contributed by atoms with Gasteiger partial charge in [0.15, 0.2) is 0 Å². The van der Waals surface area contributed by atoms with Crippen LogP contribution in [0.4, 0.5) is 43.9 Å².